The van der Waals surface area contributed by atoms with E-state index in [9.17, 15) is 22.4 Å². The monoisotopic (exact) mass is 457 g/mol. The van der Waals surface area contributed by atoms with Crippen LogP contribution in [-0.4, -0.2) is 26.4 Å². The van der Waals surface area contributed by atoms with Gasteiger partial charge < -0.3 is 15.4 Å². The van der Waals surface area contributed by atoms with Crippen LogP contribution in [-0.2, 0) is 19.6 Å². The van der Waals surface area contributed by atoms with E-state index in [0.717, 1.165) is 0 Å². The van der Waals surface area contributed by atoms with Crippen molar-refractivity contribution in [1.82, 2.24) is 0 Å². The number of rotatable bonds is 7. The van der Waals surface area contributed by atoms with E-state index < -0.39 is 28.0 Å². The van der Waals surface area contributed by atoms with Crippen LogP contribution in [0.25, 0.3) is 0 Å². The lowest BCUT2D eigenvalue weighted by Crippen LogP contribution is -2.30. The summed E-state index contributed by atoms with van der Waals surface area (Å²) in [6.45, 7) is 1.40. The molecule has 8 nitrogen and oxygen atoms in total. The number of hydrogen-bond acceptors (Lipinski definition) is 6. The van der Waals surface area contributed by atoms with Gasteiger partial charge in [-0.3, -0.25) is 4.79 Å². The summed E-state index contributed by atoms with van der Waals surface area (Å²) in [5, 5.41) is 10.6. The van der Waals surface area contributed by atoms with Crippen LogP contribution in [0.2, 0.25) is 0 Å². The van der Waals surface area contributed by atoms with Gasteiger partial charge in [-0.1, -0.05) is 12.1 Å². The molecular weight excluding hydrogens is 437 g/mol. The average molecular weight is 457 g/mol. The number of nitrogens with one attached hydrogen (secondary N) is 2. The molecule has 0 bridgehead atoms. The molecule has 1 amide bonds. The third-order valence-corrected chi connectivity index (χ3v) is 5.30. The average Bonchev–Trinajstić information content (AvgIpc) is 2.75. The van der Waals surface area contributed by atoms with Crippen molar-refractivity contribution in [2.45, 2.75) is 17.9 Å². The molecule has 0 saturated heterocycles. The highest BCUT2D eigenvalue weighted by molar-refractivity contribution is 7.89. The molecule has 0 aliphatic carbocycles. The van der Waals surface area contributed by atoms with Crippen molar-refractivity contribution in [3.63, 3.8) is 0 Å². The lowest BCUT2D eigenvalue weighted by atomic mass is 10.1. The summed E-state index contributed by atoms with van der Waals surface area (Å²) in [6.07, 6.45) is -1.14. The first-order chi connectivity index (χ1) is 15.1. The second kappa shape index (κ2) is 9.58. The van der Waals surface area contributed by atoms with E-state index in [0.29, 0.717) is 17.1 Å². The first kappa shape index (κ1) is 22.9. The van der Waals surface area contributed by atoms with Gasteiger partial charge >= 0.3 is 5.97 Å². The van der Waals surface area contributed by atoms with Crippen molar-refractivity contribution >= 4 is 39.0 Å². The minimum atomic E-state index is -3.85. The molecular formula is C22H20FN3O5S. The van der Waals surface area contributed by atoms with Crippen LogP contribution in [0.5, 0.6) is 0 Å². The number of para-hydroxylation sites is 1. The summed E-state index contributed by atoms with van der Waals surface area (Å²) in [5.41, 5.74) is 1.49. The molecule has 1 unspecified atom stereocenters. The SMILES string of the molecule is CC(OC(=O)c1ccccc1Nc1ccc(F)cc1)C(=O)Nc1ccc(S(N)(=O)=O)cc1. The minimum absolute atomic E-state index is 0.0970. The zero-order valence-electron chi connectivity index (χ0n) is 16.9. The van der Waals surface area contributed by atoms with Gasteiger partial charge in [0.05, 0.1) is 16.1 Å². The van der Waals surface area contributed by atoms with Gasteiger partial charge in [0, 0.05) is 11.4 Å². The molecule has 32 heavy (non-hydrogen) atoms. The number of benzene rings is 3. The number of sulfonamides is 1. The zero-order chi connectivity index (χ0) is 23.3. The topological polar surface area (TPSA) is 128 Å². The minimum Gasteiger partial charge on any atom is -0.449 e. The second-order valence-corrected chi connectivity index (χ2v) is 8.35. The Morgan fingerprint density at radius 1 is 0.938 bits per heavy atom. The number of nitrogens with two attached hydrogens (primary N) is 1. The van der Waals surface area contributed by atoms with Gasteiger partial charge in [0.15, 0.2) is 6.10 Å². The number of primary sulfonamides is 1. The molecule has 3 rings (SSSR count). The summed E-state index contributed by atoms with van der Waals surface area (Å²) in [4.78, 5) is 24.9. The highest BCUT2D eigenvalue weighted by Gasteiger charge is 2.21. The molecule has 3 aromatic carbocycles. The Morgan fingerprint density at radius 2 is 1.53 bits per heavy atom. The predicted molar refractivity (Wildman–Crippen MR) is 117 cm³/mol. The Hall–Kier alpha value is -3.76. The van der Waals surface area contributed by atoms with Crippen molar-refractivity contribution in [1.29, 1.82) is 0 Å². The number of ether oxygens (including phenoxy) is 1. The van der Waals surface area contributed by atoms with Crippen molar-refractivity contribution in [2.24, 2.45) is 5.14 Å². The van der Waals surface area contributed by atoms with Crippen LogP contribution < -0.4 is 15.8 Å². The zero-order valence-corrected chi connectivity index (χ0v) is 17.7. The van der Waals surface area contributed by atoms with Gasteiger partial charge in [0.2, 0.25) is 10.0 Å². The van der Waals surface area contributed by atoms with Gasteiger partial charge in [-0.2, -0.15) is 0 Å². The van der Waals surface area contributed by atoms with Crippen molar-refractivity contribution in [2.75, 3.05) is 10.6 Å². The molecule has 0 saturated carbocycles. The fraction of sp³-hybridized carbons (Fsp3) is 0.0909. The smallest absolute Gasteiger partial charge is 0.341 e. The molecule has 0 aliphatic rings. The number of amides is 1. The number of hydrogen-bond donors (Lipinski definition) is 3. The molecule has 3 aromatic rings. The molecule has 0 spiro atoms. The molecule has 1 atom stereocenters. The summed E-state index contributed by atoms with van der Waals surface area (Å²) in [7, 11) is -3.85. The van der Waals surface area contributed by atoms with E-state index in [1.807, 2.05) is 0 Å². The molecule has 0 aliphatic heterocycles. The maximum absolute atomic E-state index is 13.1. The van der Waals surface area contributed by atoms with Gasteiger partial charge in [0.25, 0.3) is 5.91 Å². The maximum atomic E-state index is 13.1. The number of carbonyl (C=O) groups excluding carboxylic acids is 2. The van der Waals surface area contributed by atoms with E-state index in [1.54, 1.807) is 18.2 Å². The standard InChI is InChI=1S/C22H20FN3O5S/c1-14(21(27)26-17-10-12-18(13-11-17)32(24,29)30)31-22(28)19-4-2-3-5-20(19)25-16-8-6-15(23)7-9-16/h2-14,25H,1H3,(H,26,27)(H2,24,29,30). The highest BCUT2D eigenvalue weighted by atomic mass is 32.2. The fourth-order valence-corrected chi connectivity index (χ4v) is 3.22. The van der Waals surface area contributed by atoms with E-state index in [2.05, 4.69) is 10.6 Å². The Kier molecular flexibility index (Phi) is 6.86. The summed E-state index contributed by atoms with van der Waals surface area (Å²) in [5.74, 6) is -1.73. The Morgan fingerprint density at radius 3 is 2.16 bits per heavy atom. The first-order valence-corrected chi connectivity index (χ1v) is 10.9. The Balaban J connectivity index is 1.66. The van der Waals surface area contributed by atoms with E-state index in [-0.39, 0.29) is 16.3 Å². The molecule has 0 aromatic heterocycles. The van der Waals surface area contributed by atoms with E-state index >= 15 is 0 Å². The molecule has 0 radical (unpaired) electrons. The van der Waals surface area contributed by atoms with Gasteiger partial charge in [-0.15, -0.1) is 0 Å². The van der Waals surface area contributed by atoms with E-state index in [4.69, 9.17) is 9.88 Å². The normalized spacial score (nSPS) is 12.0. The lowest BCUT2D eigenvalue weighted by molar-refractivity contribution is -0.123. The third-order valence-electron chi connectivity index (χ3n) is 4.37. The maximum Gasteiger partial charge on any atom is 0.341 e. The fourth-order valence-electron chi connectivity index (χ4n) is 2.71. The van der Waals surface area contributed by atoms with Crippen molar-refractivity contribution in [3.8, 4) is 0 Å². The van der Waals surface area contributed by atoms with Crippen LogP contribution in [0.4, 0.5) is 21.5 Å². The molecule has 10 heteroatoms. The quantitative estimate of drug-likeness (QED) is 0.467. The molecule has 0 fully saturated rings. The largest absolute Gasteiger partial charge is 0.449 e. The van der Waals surface area contributed by atoms with Crippen LogP contribution in [0.15, 0.2) is 77.7 Å². The summed E-state index contributed by atoms with van der Waals surface area (Å²) >= 11 is 0. The summed E-state index contributed by atoms with van der Waals surface area (Å²) in [6, 6.07) is 17.4. The second-order valence-electron chi connectivity index (χ2n) is 6.78. The number of halogens is 1. The molecule has 0 heterocycles. The van der Waals surface area contributed by atoms with Crippen LogP contribution in [0.3, 0.4) is 0 Å². The molecule has 4 N–H and O–H groups in total. The lowest BCUT2D eigenvalue weighted by Gasteiger charge is -2.16. The Labute approximate surface area is 184 Å². The van der Waals surface area contributed by atoms with Crippen LogP contribution >= 0.6 is 0 Å². The van der Waals surface area contributed by atoms with Crippen LogP contribution in [0.1, 0.15) is 17.3 Å². The summed E-state index contributed by atoms with van der Waals surface area (Å²) < 4.78 is 41.0. The van der Waals surface area contributed by atoms with Gasteiger partial charge in [-0.05, 0) is 67.6 Å². The van der Waals surface area contributed by atoms with Gasteiger partial charge in [-0.25, -0.2) is 22.7 Å². The molecule has 166 valence electrons. The van der Waals surface area contributed by atoms with Crippen LogP contribution in [0, 0.1) is 5.82 Å². The predicted octanol–water partition coefficient (Wildman–Crippen LogP) is 3.40. The third kappa shape index (κ3) is 5.90. The van der Waals surface area contributed by atoms with Crippen molar-refractivity contribution < 1.29 is 27.1 Å². The van der Waals surface area contributed by atoms with Gasteiger partial charge in [0.1, 0.15) is 5.82 Å². The number of anilines is 3. The van der Waals surface area contributed by atoms with Crippen molar-refractivity contribution in [3.05, 3.63) is 84.2 Å². The first-order valence-electron chi connectivity index (χ1n) is 9.40. The highest BCUT2D eigenvalue weighted by Crippen LogP contribution is 2.22. The number of carbonyl (C=O) groups is 2. The number of esters is 1. The van der Waals surface area contributed by atoms with E-state index in [1.165, 1.54) is 61.5 Å². The Bertz CT molecular complexity index is 1230.